The Hall–Kier alpha value is -3.31. The number of methoxy groups -OCH3 is 1. The summed E-state index contributed by atoms with van der Waals surface area (Å²) >= 11 is 0. The third-order valence-electron chi connectivity index (χ3n) is 4.58. The lowest BCUT2D eigenvalue weighted by atomic mass is 10.1. The Balaban J connectivity index is 1.57. The summed E-state index contributed by atoms with van der Waals surface area (Å²) in [5, 5.41) is 2.90. The second-order valence-corrected chi connectivity index (χ2v) is 6.76. The quantitative estimate of drug-likeness (QED) is 0.473. The molecule has 3 aromatic carbocycles. The van der Waals surface area contributed by atoms with E-state index in [0.717, 1.165) is 16.9 Å². The number of benzene rings is 3. The molecule has 0 bridgehead atoms. The second kappa shape index (κ2) is 11.0. The van der Waals surface area contributed by atoms with Crippen LogP contribution < -0.4 is 14.8 Å². The van der Waals surface area contributed by atoms with E-state index in [1.165, 1.54) is 0 Å². The van der Waals surface area contributed by atoms with Crippen LogP contribution >= 0.6 is 0 Å². The summed E-state index contributed by atoms with van der Waals surface area (Å²) in [6.07, 6.45) is -0.0185. The Morgan fingerprint density at radius 2 is 1.47 bits per heavy atom. The van der Waals surface area contributed by atoms with Crippen LogP contribution in [0.1, 0.15) is 13.3 Å². The fourth-order valence-corrected chi connectivity index (χ4v) is 2.94. The van der Waals surface area contributed by atoms with Gasteiger partial charge in [-0.25, -0.2) is 0 Å². The van der Waals surface area contributed by atoms with E-state index in [-0.39, 0.29) is 5.91 Å². The number of hydrogen-bond donors (Lipinski definition) is 1. The van der Waals surface area contributed by atoms with Crippen LogP contribution in [0.3, 0.4) is 0 Å². The largest absolute Gasteiger partial charge is 0.491 e. The maximum atomic E-state index is 12.6. The van der Waals surface area contributed by atoms with Crippen molar-refractivity contribution in [2.45, 2.75) is 19.4 Å². The predicted molar refractivity (Wildman–Crippen MR) is 119 cm³/mol. The van der Waals surface area contributed by atoms with Gasteiger partial charge in [0.15, 0.2) is 6.10 Å². The molecule has 0 aliphatic carbocycles. The molecule has 1 N–H and O–H groups in total. The van der Waals surface area contributed by atoms with Crippen molar-refractivity contribution in [1.82, 2.24) is 0 Å². The van der Waals surface area contributed by atoms with E-state index in [1.807, 2.05) is 61.5 Å². The summed E-state index contributed by atoms with van der Waals surface area (Å²) in [4.78, 5) is 12.6. The van der Waals surface area contributed by atoms with Gasteiger partial charge >= 0.3 is 0 Å². The number of carbonyl (C=O) groups excluding carboxylic acids is 1. The number of rotatable bonds is 10. The van der Waals surface area contributed by atoms with Gasteiger partial charge in [0.1, 0.15) is 18.1 Å². The van der Waals surface area contributed by atoms with Crippen LogP contribution in [0.15, 0.2) is 78.9 Å². The van der Waals surface area contributed by atoms with Gasteiger partial charge in [-0.15, -0.1) is 0 Å². The summed E-state index contributed by atoms with van der Waals surface area (Å²) in [7, 11) is 1.63. The minimum atomic E-state index is -0.579. The van der Waals surface area contributed by atoms with Crippen LogP contribution in [-0.2, 0) is 9.53 Å². The van der Waals surface area contributed by atoms with Gasteiger partial charge in [0.25, 0.3) is 5.91 Å². The summed E-state index contributed by atoms with van der Waals surface area (Å²) in [5.74, 6) is 1.21. The summed E-state index contributed by atoms with van der Waals surface area (Å²) in [6.45, 7) is 2.94. The van der Waals surface area contributed by atoms with Crippen molar-refractivity contribution >= 4 is 11.6 Å². The zero-order valence-electron chi connectivity index (χ0n) is 17.3. The van der Waals surface area contributed by atoms with Gasteiger partial charge in [0.2, 0.25) is 0 Å². The van der Waals surface area contributed by atoms with Crippen molar-refractivity contribution in [2.24, 2.45) is 0 Å². The fraction of sp³-hybridized carbons (Fsp3) is 0.240. The van der Waals surface area contributed by atoms with Crippen LogP contribution in [0.2, 0.25) is 0 Å². The lowest BCUT2D eigenvalue weighted by molar-refractivity contribution is -0.122. The number of hydrogen-bond acceptors (Lipinski definition) is 4. The minimum Gasteiger partial charge on any atom is -0.491 e. The average Bonchev–Trinajstić information content (AvgIpc) is 2.79. The molecule has 0 aliphatic heterocycles. The van der Waals surface area contributed by atoms with E-state index >= 15 is 0 Å². The van der Waals surface area contributed by atoms with Crippen molar-refractivity contribution in [3.8, 4) is 22.6 Å². The number of ether oxygens (including phenoxy) is 3. The van der Waals surface area contributed by atoms with Crippen LogP contribution in [0, 0.1) is 0 Å². The van der Waals surface area contributed by atoms with Gasteiger partial charge in [-0.3, -0.25) is 4.79 Å². The SMILES string of the molecule is CCC(Oc1ccc(-c2ccccc2)cc1)C(=O)Nc1ccc(OCCOC)cc1. The molecule has 0 radical (unpaired) electrons. The number of amides is 1. The Morgan fingerprint density at radius 1 is 0.833 bits per heavy atom. The van der Waals surface area contributed by atoms with E-state index in [4.69, 9.17) is 14.2 Å². The van der Waals surface area contributed by atoms with Crippen molar-refractivity contribution in [3.63, 3.8) is 0 Å². The van der Waals surface area contributed by atoms with Gasteiger partial charge in [-0.1, -0.05) is 49.4 Å². The smallest absolute Gasteiger partial charge is 0.265 e. The molecule has 1 atom stereocenters. The van der Waals surface area contributed by atoms with Crippen molar-refractivity contribution in [1.29, 1.82) is 0 Å². The van der Waals surface area contributed by atoms with Crippen molar-refractivity contribution in [3.05, 3.63) is 78.9 Å². The van der Waals surface area contributed by atoms with Crippen molar-refractivity contribution < 1.29 is 19.0 Å². The van der Waals surface area contributed by atoms with Gasteiger partial charge in [0, 0.05) is 12.8 Å². The molecule has 156 valence electrons. The molecule has 1 amide bonds. The third kappa shape index (κ3) is 6.09. The molecule has 0 fully saturated rings. The van der Waals surface area contributed by atoms with Crippen LogP contribution in [0.5, 0.6) is 11.5 Å². The van der Waals surface area contributed by atoms with E-state index in [9.17, 15) is 4.79 Å². The normalized spacial score (nSPS) is 11.5. The molecule has 0 saturated carbocycles. The third-order valence-corrected chi connectivity index (χ3v) is 4.58. The van der Waals surface area contributed by atoms with E-state index in [1.54, 1.807) is 19.2 Å². The molecule has 5 heteroatoms. The Kier molecular flexibility index (Phi) is 7.86. The first-order valence-corrected chi connectivity index (χ1v) is 10.0. The van der Waals surface area contributed by atoms with Crippen molar-refractivity contribution in [2.75, 3.05) is 25.6 Å². The summed E-state index contributed by atoms with van der Waals surface area (Å²) in [6, 6.07) is 25.2. The standard InChI is InChI=1S/C25H27NO4/c1-3-24(25(27)26-21-11-15-22(16-12-21)29-18-17-28-2)30-23-13-9-20(10-14-23)19-7-5-4-6-8-19/h4-16,24H,3,17-18H2,1-2H3,(H,26,27). The first-order valence-electron chi connectivity index (χ1n) is 10.0. The Morgan fingerprint density at radius 3 is 2.10 bits per heavy atom. The highest BCUT2D eigenvalue weighted by molar-refractivity contribution is 5.94. The topological polar surface area (TPSA) is 56.8 Å². The van der Waals surface area contributed by atoms with Gasteiger partial charge in [-0.05, 0) is 53.9 Å². The number of carbonyl (C=O) groups is 1. The van der Waals surface area contributed by atoms with Gasteiger partial charge in [0.05, 0.1) is 6.61 Å². The lowest BCUT2D eigenvalue weighted by Gasteiger charge is -2.18. The summed E-state index contributed by atoms with van der Waals surface area (Å²) < 4.78 is 16.4. The monoisotopic (exact) mass is 405 g/mol. The van der Waals surface area contributed by atoms with E-state index in [2.05, 4.69) is 17.4 Å². The molecule has 0 aliphatic rings. The molecule has 5 nitrogen and oxygen atoms in total. The highest BCUT2D eigenvalue weighted by Crippen LogP contribution is 2.23. The Bertz CT molecular complexity index is 908. The minimum absolute atomic E-state index is 0.183. The Labute approximate surface area is 177 Å². The van der Waals surface area contributed by atoms with Gasteiger partial charge < -0.3 is 19.5 Å². The highest BCUT2D eigenvalue weighted by Gasteiger charge is 2.18. The average molecular weight is 405 g/mol. The molecular weight excluding hydrogens is 378 g/mol. The first kappa shape index (κ1) is 21.4. The molecule has 1 unspecified atom stereocenters. The molecule has 30 heavy (non-hydrogen) atoms. The maximum absolute atomic E-state index is 12.6. The fourth-order valence-electron chi connectivity index (χ4n) is 2.94. The van der Waals surface area contributed by atoms with Crippen LogP contribution in [0.25, 0.3) is 11.1 Å². The lowest BCUT2D eigenvalue weighted by Crippen LogP contribution is -2.32. The molecule has 0 saturated heterocycles. The number of nitrogens with one attached hydrogen (secondary N) is 1. The molecular formula is C25H27NO4. The highest BCUT2D eigenvalue weighted by atomic mass is 16.5. The molecule has 3 rings (SSSR count). The first-order chi connectivity index (χ1) is 14.7. The van der Waals surface area contributed by atoms with E-state index < -0.39 is 6.10 Å². The molecule has 0 aromatic heterocycles. The van der Waals surface area contributed by atoms with Crippen LogP contribution in [0.4, 0.5) is 5.69 Å². The number of anilines is 1. The molecule has 0 spiro atoms. The van der Waals surface area contributed by atoms with Crippen LogP contribution in [-0.4, -0.2) is 32.3 Å². The zero-order chi connectivity index (χ0) is 21.2. The summed E-state index contributed by atoms with van der Waals surface area (Å²) in [5.41, 5.74) is 2.94. The zero-order valence-corrected chi connectivity index (χ0v) is 17.3. The molecule has 0 heterocycles. The molecule has 3 aromatic rings. The van der Waals surface area contributed by atoms with Gasteiger partial charge in [-0.2, -0.15) is 0 Å². The second-order valence-electron chi connectivity index (χ2n) is 6.76. The van der Waals surface area contributed by atoms with E-state index in [0.29, 0.717) is 31.1 Å². The predicted octanol–water partition coefficient (Wildman–Crippen LogP) is 5.17. The maximum Gasteiger partial charge on any atom is 0.265 e.